The molecule has 150 valence electrons. The summed E-state index contributed by atoms with van der Waals surface area (Å²) in [6.07, 6.45) is 3.57. The van der Waals surface area contributed by atoms with Gasteiger partial charge in [-0.2, -0.15) is 0 Å². The van der Waals surface area contributed by atoms with Gasteiger partial charge in [0.2, 0.25) is 0 Å². The Balaban J connectivity index is 1.75. The highest BCUT2D eigenvalue weighted by atomic mass is 35.5. The van der Waals surface area contributed by atoms with Gasteiger partial charge in [0, 0.05) is 17.8 Å². The first-order chi connectivity index (χ1) is 13.9. The van der Waals surface area contributed by atoms with Gasteiger partial charge in [0.05, 0.1) is 17.4 Å². The summed E-state index contributed by atoms with van der Waals surface area (Å²) in [4.78, 5) is 16.5. The third-order valence-corrected chi connectivity index (χ3v) is 5.99. The lowest BCUT2D eigenvalue weighted by Crippen LogP contribution is -2.28. The van der Waals surface area contributed by atoms with E-state index in [0.29, 0.717) is 23.7 Å². The van der Waals surface area contributed by atoms with Gasteiger partial charge < -0.3 is 5.32 Å². The molecular weight excluding hydrogens is 410 g/mol. The number of amides is 1. The highest BCUT2D eigenvalue weighted by molar-refractivity contribution is 7.92. The molecule has 1 heterocycles. The van der Waals surface area contributed by atoms with Crippen molar-refractivity contribution in [3.63, 3.8) is 0 Å². The number of hydrogen-bond acceptors (Lipinski definition) is 4. The van der Waals surface area contributed by atoms with Crippen molar-refractivity contribution in [1.29, 1.82) is 0 Å². The number of rotatable bonds is 7. The van der Waals surface area contributed by atoms with Gasteiger partial charge in [0.15, 0.2) is 0 Å². The number of nitrogens with zero attached hydrogens (tertiary/aromatic N) is 1. The Bertz CT molecular complexity index is 1130. The smallest absolute Gasteiger partial charge is 0.262 e. The lowest BCUT2D eigenvalue weighted by molar-refractivity contribution is 0.0951. The molecular formula is C21H20ClN3O3S. The number of carbonyl (C=O) groups excluding carboxylic acids is 1. The van der Waals surface area contributed by atoms with Crippen LogP contribution in [0.25, 0.3) is 0 Å². The van der Waals surface area contributed by atoms with Gasteiger partial charge in [-0.15, -0.1) is 0 Å². The molecule has 0 aliphatic carbocycles. The molecule has 2 N–H and O–H groups in total. The van der Waals surface area contributed by atoms with Crippen molar-refractivity contribution in [1.82, 2.24) is 10.3 Å². The second-order valence-electron chi connectivity index (χ2n) is 6.45. The van der Waals surface area contributed by atoms with Gasteiger partial charge in [-0.3, -0.25) is 14.5 Å². The maximum Gasteiger partial charge on any atom is 0.262 e. The second kappa shape index (κ2) is 9.07. The van der Waals surface area contributed by atoms with Gasteiger partial charge in [-0.05, 0) is 48.7 Å². The molecule has 0 radical (unpaired) electrons. The fourth-order valence-electron chi connectivity index (χ4n) is 2.82. The molecule has 8 heteroatoms. The van der Waals surface area contributed by atoms with Crippen molar-refractivity contribution in [2.24, 2.45) is 0 Å². The van der Waals surface area contributed by atoms with E-state index >= 15 is 0 Å². The Kier molecular flexibility index (Phi) is 6.51. The molecule has 0 aliphatic heterocycles. The third-order valence-electron chi connectivity index (χ3n) is 4.19. The summed E-state index contributed by atoms with van der Waals surface area (Å²) in [7, 11) is -3.96. The molecule has 1 aromatic heterocycles. The number of halogens is 1. The molecule has 29 heavy (non-hydrogen) atoms. The average molecular weight is 430 g/mol. The van der Waals surface area contributed by atoms with Crippen molar-refractivity contribution in [2.75, 3.05) is 11.3 Å². The van der Waals surface area contributed by atoms with E-state index in [4.69, 9.17) is 11.6 Å². The van der Waals surface area contributed by atoms with Crippen molar-refractivity contribution in [3.05, 3.63) is 88.7 Å². The van der Waals surface area contributed by atoms with E-state index in [1.165, 1.54) is 18.3 Å². The van der Waals surface area contributed by atoms with Gasteiger partial charge in [-0.25, -0.2) is 8.42 Å². The molecule has 0 fully saturated rings. The quantitative estimate of drug-likeness (QED) is 0.597. The topological polar surface area (TPSA) is 88.2 Å². The number of nitrogens with one attached hydrogen (secondary N) is 2. The molecule has 0 unspecified atom stereocenters. The summed E-state index contributed by atoms with van der Waals surface area (Å²) in [6.45, 7) is 2.14. The van der Waals surface area contributed by atoms with E-state index in [0.717, 1.165) is 11.1 Å². The normalized spacial score (nSPS) is 11.1. The van der Waals surface area contributed by atoms with Gasteiger partial charge in [-0.1, -0.05) is 41.9 Å². The van der Waals surface area contributed by atoms with E-state index in [9.17, 15) is 13.2 Å². The lowest BCUT2D eigenvalue weighted by Gasteiger charge is -2.13. The summed E-state index contributed by atoms with van der Waals surface area (Å²) >= 11 is 6.12. The Labute approximate surface area is 175 Å². The molecule has 0 saturated carbocycles. The Hall–Kier alpha value is -2.90. The maximum atomic E-state index is 12.8. The first-order valence-corrected chi connectivity index (χ1v) is 10.8. The number of pyridine rings is 1. The molecule has 1 amide bonds. The summed E-state index contributed by atoms with van der Waals surface area (Å²) in [5.74, 6) is -0.472. The standard InChI is InChI=1S/C21H20ClN3O3S/c1-15-12-17(14-23-13-15)25-29(27,28)20-9-5-3-7-18(20)21(26)24-11-10-16-6-2-4-8-19(16)22/h2-9,12-14,25H,10-11H2,1H3,(H,24,26). The molecule has 0 spiro atoms. The maximum absolute atomic E-state index is 12.8. The number of aryl methyl sites for hydroxylation is 1. The largest absolute Gasteiger partial charge is 0.352 e. The molecule has 3 rings (SSSR count). The van der Waals surface area contributed by atoms with Gasteiger partial charge >= 0.3 is 0 Å². The number of hydrogen-bond donors (Lipinski definition) is 2. The van der Waals surface area contributed by atoms with Crippen LogP contribution in [0.1, 0.15) is 21.5 Å². The monoisotopic (exact) mass is 429 g/mol. The average Bonchev–Trinajstić information content (AvgIpc) is 2.69. The predicted octanol–water partition coefficient (Wildman–Crippen LogP) is 3.82. The van der Waals surface area contributed by atoms with Crippen LogP contribution in [0.5, 0.6) is 0 Å². The second-order valence-corrected chi connectivity index (χ2v) is 8.51. The van der Waals surface area contributed by atoms with E-state index in [-0.39, 0.29) is 10.5 Å². The number of carbonyl (C=O) groups is 1. The fourth-order valence-corrected chi connectivity index (χ4v) is 4.29. The number of benzene rings is 2. The van der Waals surface area contributed by atoms with Crippen LogP contribution in [0.15, 0.2) is 71.9 Å². The number of aromatic nitrogens is 1. The molecule has 6 nitrogen and oxygen atoms in total. The Morgan fingerprint density at radius 2 is 1.79 bits per heavy atom. The first kappa shape index (κ1) is 20.8. The molecule has 2 aromatic carbocycles. The summed E-state index contributed by atoms with van der Waals surface area (Å²) < 4.78 is 28.2. The highest BCUT2D eigenvalue weighted by Crippen LogP contribution is 2.20. The lowest BCUT2D eigenvalue weighted by atomic mass is 10.1. The Morgan fingerprint density at radius 3 is 2.55 bits per heavy atom. The number of anilines is 1. The van der Waals surface area contributed by atoms with Crippen LogP contribution >= 0.6 is 11.6 Å². The first-order valence-electron chi connectivity index (χ1n) is 8.92. The van der Waals surface area contributed by atoms with E-state index in [1.54, 1.807) is 30.5 Å². The molecule has 0 bridgehead atoms. The van der Waals surface area contributed by atoms with Crippen molar-refractivity contribution in [3.8, 4) is 0 Å². The highest BCUT2D eigenvalue weighted by Gasteiger charge is 2.22. The molecule has 0 saturated heterocycles. The van der Waals surface area contributed by atoms with E-state index in [1.807, 2.05) is 25.1 Å². The minimum absolute atomic E-state index is 0.0692. The minimum Gasteiger partial charge on any atom is -0.352 e. The Morgan fingerprint density at radius 1 is 1.07 bits per heavy atom. The van der Waals surface area contributed by atoms with Crippen LogP contribution in [-0.4, -0.2) is 25.9 Å². The zero-order chi connectivity index (χ0) is 20.9. The third kappa shape index (κ3) is 5.34. The summed E-state index contributed by atoms with van der Waals surface area (Å²) in [6, 6.07) is 15.1. The van der Waals surface area contributed by atoms with Crippen molar-refractivity contribution < 1.29 is 13.2 Å². The van der Waals surface area contributed by atoms with Crippen molar-refractivity contribution >= 4 is 33.2 Å². The predicted molar refractivity (Wildman–Crippen MR) is 114 cm³/mol. The van der Waals surface area contributed by atoms with Crippen LogP contribution in [0.4, 0.5) is 5.69 Å². The van der Waals surface area contributed by atoms with E-state index in [2.05, 4.69) is 15.0 Å². The fraction of sp³-hybridized carbons (Fsp3) is 0.143. The van der Waals surface area contributed by atoms with Gasteiger partial charge in [0.25, 0.3) is 15.9 Å². The SMILES string of the molecule is Cc1cncc(NS(=O)(=O)c2ccccc2C(=O)NCCc2ccccc2Cl)c1. The van der Waals surface area contributed by atoms with E-state index < -0.39 is 15.9 Å². The minimum atomic E-state index is -3.96. The summed E-state index contributed by atoms with van der Waals surface area (Å²) in [5, 5.41) is 3.38. The number of sulfonamides is 1. The van der Waals surface area contributed by atoms with Gasteiger partial charge in [0.1, 0.15) is 4.90 Å². The van der Waals surface area contributed by atoms with Crippen LogP contribution in [0, 0.1) is 6.92 Å². The van der Waals surface area contributed by atoms with Crippen LogP contribution in [0.3, 0.4) is 0 Å². The molecule has 3 aromatic rings. The van der Waals surface area contributed by atoms with Crippen molar-refractivity contribution in [2.45, 2.75) is 18.2 Å². The molecule has 0 aliphatic rings. The zero-order valence-corrected chi connectivity index (χ0v) is 17.3. The van der Waals surface area contributed by atoms with Crippen LogP contribution < -0.4 is 10.0 Å². The zero-order valence-electron chi connectivity index (χ0n) is 15.7. The summed E-state index contributed by atoms with van der Waals surface area (Å²) in [5.41, 5.74) is 2.12. The van der Waals surface area contributed by atoms with Crippen LogP contribution in [0.2, 0.25) is 5.02 Å². The molecule has 0 atom stereocenters. The van der Waals surface area contributed by atoms with Crippen LogP contribution in [-0.2, 0) is 16.4 Å².